The molecule has 0 radical (unpaired) electrons. The Kier molecular flexibility index (Phi) is 6.27. The Morgan fingerprint density at radius 2 is 1.93 bits per heavy atom. The number of carbonyl (C=O) groups excluding carboxylic acids is 1. The average Bonchev–Trinajstić information content (AvgIpc) is 2.97. The number of hydrogen-bond donors (Lipinski definition) is 2. The molecule has 1 aromatic heterocycles. The molecule has 2 N–H and O–H groups in total. The lowest BCUT2D eigenvalue weighted by Crippen LogP contribution is -2.18. The number of halogens is 2. The Hall–Kier alpha value is -2.41. The Balaban J connectivity index is 1.68. The number of rotatable bonds is 6. The third-order valence-corrected chi connectivity index (χ3v) is 5.31. The summed E-state index contributed by atoms with van der Waals surface area (Å²) >= 11 is 12.0. The van der Waals surface area contributed by atoms with Gasteiger partial charge in [0.2, 0.25) is 5.91 Å². The number of nitrogens with one attached hydrogen (secondary N) is 1. The molecular weight excluding hydrogens is 411 g/mol. The Morgan fingerprint density at radius 3 is 2.62 bits per heavy atom. The molecule has 0 aliphatic carbocycles. The molecule has 0 aliphatic heterocycles. The van der Waals surface area contributed by atoms with E-state index in [0.29, 0.717) is 28.0 Å². The van der Waals surface area contributed by atoms with Gasteiger partial charge in [-0.25, -0.2) is 4.68 Å². The standard InChI is InChI=1S/C21H22Cl2N4O2/c1-13-19(25-26-27(13)12-14-7-8-17(22)18(23)9-14)11-20(28)24-16-6-4-5-15(10-16)21(2,3)29/h4-10,29H,11-12H2,1-3H3,(H,24,28). The van der Waals surface area contributed by atoms with Gasteiger partial charge in [-0.2, -0.15) is 0 Å². The highest BCUT2D eigenvalue weighted by molar-refractivity contribution is 6.42. The maximum atomic E-state index is 12.5. The van der Waals surface area contributed by atoms with Crippen LogP contribution in [0.3, 0.4) is 0 Å². The number of hydrogen-bond acceptors (Lipinski definition) is 4. The van der Waals surface area contributed by atoms with E-state index in [0.717, 1.165) is 16.8 Å². The lowest BCUT2D eigenvalue weighted by atomic mass is 9.98. The van der Waals surface area contributed by atoms with Crippen LogP contribution in [0, 0.1) is 6.92 Å². The lowest BCUT2D eigenvalue weighted by molar-refractivity contribution is -0.115. The lowest BCUT2D eigenvalue weighted by Gasteiger charge is -2.18. The van der Waals surface area contributed by atoms with Crippen molar-refractivity contribution < 1.29 is 9.90 Å². The Morgan fingerprint density at radius 1 is 1.17 bits per heavy atom. The minimum absolute atomic E-state index is 0.0972. The fourth-order valence-corrected chi connectivity index (χ4v) is 3.18. The topological polar surface area (TPSA) is 80.0 Å². The number of nitrogens with zero attached hydrogens (tertiary/aromatic N) is 3. The number of aromatic nitrogens is 3. The van der Waals surface area contributed by atoms with E-state index >= 15 is 0 Å². The first-order valence-electron chi connectivity index (χ1n) is 9.09. The summed E-state index contributed by atoms with van der Waals surface area (Å²) in [7, 11) is 0. The van der Waals surface area contributed by atoms with Crippen LogP contribution in [0.25, 0.3) is 0 Å². The van der Waals surface area contributed by atoms with Gasteiger partial charge in [0.1, 0.15) is 0 Å². The molecule has 6 nitrogen and oxygen atoms in total. The molecular formula is C21H22Cl2N4O2. The first-order chi connectivity index (χ1) is 13.6. The van der Waals surface area contributed by atoms with Crippen molar-refractivity contribution in [1.82, 2.24) is 15.0 Å². The van der Waals surface area contributed by atoms with Crippen LogP contribution in [-0.2, 0) is 23.4 Å². The molecule has 8 heteroatoms. The number of anilines is 1. The highest BCUT2D eigenvalue weighted by Gasteiger charge is 2.17. The van der Waals surface area contributed by atoms with Crippen molar-refractivity contribution >= 4 is 34.8 Å². The monoisotopic (exact) mass is 432 g/mol. The molecule has 0 saturated carbocycles. The summed E-state index contributed by atoms with van der Waals surface area (Å²) < 4.78 is 1.72. The van der Waals surface area contributed by atoms with Crippen molar-refractivity contribution in [2.24, 2.45) is 0 Å². The van der Waals surface area contributed by atoms with Crippen molar-refractivity contribution in [3.05, 3.63) is 75.0 Å². The van der Waals surface area contributed by atoms with Crippen molar-refractivity contribution in [2.45, 2.75) is 39.3 Å². The highest BCUT2D eigenvalue weighted by Crippen LogP contribution is 2.24. The van der Waals surface area contributed by atoms with Gasteiger partial charge in [-0.1, -0.05) is 46.6 Å². The predicted octanol–water partition coefficient (Wildman–Crippen LogP) is 4.35. The zero-order valence-corrected chi connectivity index (χ0v) is 17.9. The molecule has 29 heavy (non-hydrogen) atoms. The van der Waals surface area contributed by atoms with Crippen molar-refractivity contribution in [3.8, 4) is 0 Å². The van der Waals surface area contributed by atoms with E-state index < -0.39 is 5.60 Å². The zero-order valence-electron chi connectivity index (χ0n) is 16.4. The van der Waals surface area contributed by atoms with E-state index in [1.165, 1.54) is 0 Å². The first kappa shape index (κ1) is 21.3. The molecule has 1 amide bonds. The maximum Gasteiger partial charge on any atom is 0.230 e. The molecule has 1 heterocycles. The molecule has 0 unspecified atom stereocenters. The third-order valence-electron chi connectivity index (χ3n) is 4.58. The predicted molar refractivity (Wildman–Crippen MR) is 114 cm³/mol. The molecule has 0 aliphatic rings. The van der Waals surface area contributed by atoms with Gasteiger partial charge in [-0.05, 0) is 56.2 Å². The summed E-state index contributed by atoms with van der Waals surface area (Å²) in [5.74, 6) is -0.206. The SMILES string of the molecule is Cc1c(CC(=O)Nc2cccc(C(C)(C)O)c2)nnn1Cc1ccc(Cl)c(Cl)c1. The third kappa shape index (κ3) is 5.35. The minimum Gasteiger partial charge on any atom is -0.386 e. The molecule has 0 spiro atoms. The van der Waals surface area contributed by atoms with E-state index in [1.807, 2.05) is 19.1 Å². The van der Waals surface area contributed by atoms with Gasteiger partial charge in [0.25, 0.3) is 0 Å². The molecule has 0 bridgehead atoms. The fraction of sp³-hybridized carbons (Fsp3) is 0.286. The average molecular weight is 433 g/mol. The van der Waals surface area contributed by atoms with Crippen molar-refractivity contribution in [3.63, 3.8) is 0 Å². The van der Waals surface area contributed by atoms with E-state index in [1.54, 1.807) is 48.9 Å². The van der Waals surface area contributed by atoms with Gasteiger partial charge in [0.05, 0.1) is 40.0 Å². The Labute approximate surface area is 179 Å². The number of aliphatic hydroxyl groups is 1. The largest absolute Gasteiger partial charge is 0.386 e. The quantitative estimate of drug-likeness (QED) is 0.606. The molecule has 3 aromatic rings. The summed E-state index contributed by atoms with van der Waals surface area (Å²) in [6, 6.07) is 12.5. The van der Waals surface area contributed by atoms with Gasteiger partial charge in [0, 0.05) is 5.69 Å². The number of amides is 1. The van der Waals surface area contributed by atoms with Gasteiger partial charge >= 0.3 is 0 Å². The van der Waals surface area contributed by atoms with Crippen LogP contribution in [0.1, 0.15) is 36.4 Å². The van der Waals surface area contributed by atoms with E-state index in [2.05, 4.69) is 15.6 Å². The van der Waals surface area contributed by atoms with Crippen LogP contribution in [0.4, 0.5) is 5.69 Å². The van der Waals surface area contributed by atoms with Gasteiger partial charge in [-0.15, -0.1) is 5.10 Å². The van der Waals surface area contributed by atoms with Gasteiger partial charge < -0.3 is 10.4 Å². The van der Waals surface area contributed by atoms with E-state index in [4.69, 9.17) is 23.2 Å². The van der Waals surface area contributed by atoms with Crippen molar-refractivity contribution in [2.75, 3.05) is 5.32 Å². The second-order valence-corrected chi connectivity index (χ2v) is 8.21. The van der Waals surface area contributed by atoms with Crippen LogP contribution in [0.15, 0.2) is 42.5 Å². The Bertz CT molecular complexity index is 1040. The summed E-state index contributed by atoms with van der Waals surface area (Å²) in [5.41, 5.74) is 2.70. The second kappa shape index (κ2) is 8.53. The molecule has 152 valence electrons. The number of benzene rings is 2. The van der Waals surface area contributed by atoms with Crippen LogP contribution in [0.5, 0.6) is 0 Å². The van der Waals surface area contributed by atoms with E-state index in [9.17, 15) is 9.90 Å². The highest BCUT2D eigenvalue weighted by atomic mass is 35.5. The number of carbonyl (C=O) groups is 1. The smallest absolute Gasteiger partial charge is 0.230 e. The molecule has 2 aromatic carbocycles. The van der Waals surface area contributed by atoms with Crippen LogP contribution >= 0.6 is 23.2 Å². The molecule has 0 saturated heterocycles. The van der Waals surface area contributed by atoms with Gasteiger partial charge in [-0.3, -0.25) is 4.79 Å². The normalized spacial score (nSPS) is 11.5. The van der Waals surface area contributed by atoms with E-state index in [-0.39, 0.29) is 12.3 Å². The van der Waals surface area contributed by atoms with Crippen LogP contribution < -0.4 is 5.32 Å². The van der Waals surface area contributed by atoms with Crippen LogP contribution in [0.2, 0.25) is 10.0 Å². The summed E-state index contributed by atoms with van der Waals surface area (Å²) in [5, 5.41) is 22.2. The minimum atomic E-state index is -0.982. The first-order valence-corrected chi connectivity index (χ1v) is 9.85. The summed E-state index contributed by atoms with van der Waals surface area (Å²) in [6.07, 6.45) is 0.0972. The second-order valence-electron chi connectivity index (χ2n) is 7.39. The molecule has 0 atom stereocenters. The summed E-state index contributed by atoms with van der Waals surface area (Å²) in [6.45, 7) is 5.74. The zero-order chi connectivity index (χ0) is 21.2. The fourth-order valence-electron chi connectivity index (χ4n) is 2.86. The van der Waals surface area contributed by atoms with Crippen molar-refractivity contribution in [1.29, 1.82) is 0 Å². The molecule has 3 rings (SSSR count). The maximum absolute atomic E-state index is 12.5. The molecule has 0 fully saturated rings. The van der Waals surface area contributed by atoms with Crippen LogP contribution in [-0.4, -0.2) is 26.0 Å². The van der Waals surface area contributed by atoms with Gasteiger partial charge in [0.15, 0.2) is 0 Å². The summed E-state index contributed by atoms with van der Waals surface area (Å²) in [4.78, 5) is 12.5.